The standard InChI is InChI=1S/C12H16Br2N2/c1-9-4-5-16(12(9)6-13)8-11-3-2-10(14)7-15-11/h2-3,7,9,12H,4-6,8H2,1H3. The Morgan fingerprint density at radius 1 is 1.50 bits per heavy atom. The molecular weight excluding hydrogens is 332 g/mol. The molecule has 2 heterocycles. The van der Waals surface area contributed by atoms with Crippen molar-refractivity contribution in [1.82, 2.24) is 9.88 Å². The molecule has 0 aromatic carbocycles. The Kier molecular flexibility index (Phi) is 4.39. The maximum Gasteiger partial charge on any atom is 0.0544 e. The molecule has 2 unspecified atom stereocenters. The van der Waals surface area contributed by atoms with Crippen LogP contribution in [0.4, 0.5) is 0 Å². The Bertz CT molecular complexity index is 339. The van der Waals surface area contributed by atoms with Gasteiger partial charge in [-0.1, -0.05) is 22.9 Å². The number of alkyl halides is 1. The van der Waals surface area contributed by atoms with Crippen LogP contribution in [-0.2, 0) is 6.54 Å². The Morgan fingerprint density at radius 3 is 2.94 bits per heavy atom. The molecule has 16 heavy (non-hydrogen) atoms. The van der Waals surface area contributed by atoms with E-state index in [-0.39, 0.29) is 0 Å². The van der Waals surface area contributed by atoms with Crippen LogP contribution in [0.25, 0.3) is 0 Å². The minimum atomic E-state index is 0.658. The molecule has 1 aromatic heterocycles. The van der Waals surface area contributed by atoms with E-state index in [1.807, 2.05) is 6.20 Å². The number of nitrogens with zero attached hydrogens (tertiary/aromatic N) is 2. The topological polar surface area (TPSA) is 16.1 Å². The lowest BCUT2D eigenvalue weighted by Gasteiger charge is -2.24. The molecule has 0 radical (unpaired) electrons. The van der Waals surface area contributed by atoms with Crippen LogP contribution >= 0.6 is 31.9 Å². The van der Waals surface area contributed by atoms with Crippen LogP contribution in [0.3, 0.4) is 0 Å². The van der Waals surface area contributed by atoms with Crippen molar-refractivity contribution in [2.24, 2.45) is 5.92 Å². The second kappa shape index (κ2) is 5.61. The van der Waals surface area contributed by atoms with E-state index in [4.69, 9.17) is 0 Å². The lowest BCUT2D eigenvalue weighted by molar-refractivity contribution is 0.241. The summed E-state index contributed by atoms with van der Waals surface area (Å²) in [5, 5.41) is 1.06. The first-order chi connectivity index (χ1) is 7.70. The number of rotatable bonds is 3. The highest BCUT2D eigenvalue weighted by atomic mass is 79.9. The third-order valence-electron chi connectivity index (χ3n) is 3.31. The van der Waals surface area contributed by atoms with Crippen LogP contribution < -0.4 is 0 Å². The largest absolute Gasteiger partial charge is 0.293 e. The van der Waals surface area contributed by atoms with Gasteiger partial charge in [-0.25, -0.2) is 0 Å². The van der Waals surface area contributed by atoms with Crippen LogP contribution in [0.1, 0.15) is 19.0 Å². The summed E-state index contributed by atoms with van der Waals surface area (Å²) in [7, 11) is 0. The number of halogens is 2. The Morgan fingerprint density at radius 2 is 2.31 bits per heavy atom. The Balaban J connectivity index is 2.01. The second-order valence-corrected chi connectivity index (χ2v) is 5.99. The van der Waals surface area contributed by atoms with Gasteiger partial charge in [0.25, 0.3) is 0 Å². The zero-order chi connectivity index (χ0) is 11.5. The predicted octanol–water partition coefficient (Wildman–Crippen LogP) is 3.45. The fourth-order valence-corrected chi connectivity index (χ4v) is 3.52. The maximum atomic E-state index is 4.43. The van der Waals surface area contributed by atoms with Gasteiger partial charge < -0.3 is 0 Å². The maximum absolute atomic E-state index is 4.43. The van der Waals surface area contributed by atoms with Crippen molar-refractivity contribution in [1.29, 1.82) is 0 Å². The molecule has 2 nitrogen and oxygen atoms in total. The van der Waals surface area contributed by atoms with Crippen molar-refractivity contribution in [2.75, 3.05) is 11.9 Å². The second-order valence-electron chi connectivity index (χ2n) is 4.43. The summed E-state index contributed by atoms with van der Waals surface area (Å²) < 4.78 is 1.04. The third kappa shape index (κ3) is 2.84. The number of pyridine rings is 1. The first kappa shape index (κ1) is 12.5. The highest BCUT2D eigenvalue weighted by Gasteiger charge is 2.30. The summed E-state index contributed by atoms with van der Waals surface area (Å²) in [6.45, 7) is 4.49. The van der Waals surface area contributed by atoms with Crippen LogP contribution in [0.2, 0.25) is 0 Å². The molecule has 1 aromatic rings. The molecule has 1 aliphatic rings. The molecule has 2 rings (SSSR count). The lowest BCUT2D eigenvalue weighted by atomic mass is 10.1. The van der Waals surface area contributed by atoms with Gasteiger partial charge in [0.05, 0.1) is 5.69 Å². The van der Waals surface area contributed by atoms with E-state index in [1.54, 1.807) is 0 Å². The van der Waals surface area contributed by atoms with Crippen LogP contribution in [-0.4, -0.2) is 27.8 Å². The zero-order valence-electron chi connectivity index (χ0n) is 9.37. The van der Waals surface area contributed by atoms with E-state index < -0.39 is 0 Å². The van der Waals surface area contributed by atoms with Crippen molar-refractivity contribution in [3.63, 3.8) is 0 Å². The average Bonchev–Trinajstić information content (AvgIpc) is 2.63. The number of hydrogen-bond acceptors (Lipinski definition) is 2. The fourth-order valence-electron chi connectivity index (χ4n) is 2.24. The summed E-state index contributed by atoms with van der Waals surface area (Å²) in [4.78, 5) is 6.96. The molecule has 4 heteroatoms. The quantitative estimate of drug-likeness (QED) is 0.778. The average molecular weight is 348 g/mol. The third-order valence-corrected chi connectivity index (χ3v) is 4.44. The van der Waals surface area contributed by atoms with Crippen molar-refractivity contribution in [2.45, 2.75) is 25.9 Å². The first-order valence-electron chi connectivity index (χ1n) is 5.61. The number of hydrogen-bond donors (Lipinski definition) is 0. The van der Waals surface area contributed by atoms with Crippen molar-refractivity contribution >= 4 is 31.9 Å². The molecule has 0 N–H and O–H groups in total. The van der Waals surface area contributed by atoms with Gasteiger partial charge in [0, 0.05) is 28.6 Å². The minimum Gasteiger partial charge on any atom is -0.293 e. The fraction of sp³-hybridized carbons (Fsp3) is 0.583. The van der Waals surface area contributed by atoms with Gasteiger partial charge in [0.2, 0.25) is 0 Å². The lowest BCUT2D eigenvalue weighted by Crippen LogP contribution is -2.33. The zero-order valence-corrected chi connectivity index (χ0v) is 12.5. The highest BCUT2D eigenvalue weighted by molar-refractivity contribution is 9.10. The van der Waals surface area contributed by atoms with Gasteiger partial charge in [-0.05, 0) is 46.9 Å². The molecule has 0 aliphatic carbocycles. The van der Waals surface area contributed by atoms with Gasteiger partial charge in [0.1, 0.15) is 0 Å². The van der Waals surface area contributed by atoms with E-state index in [0.717, 1.165) is 28.0 Å². The predicted molar refractivity (Wildman–Crippen MR) is 73.7 cm³/mol. The molecule has 0 spiro atoms. The number of likely N-dealkylation sites (tertiary alicyclic amines) is 1. The van der Waals surface area contributed by atoms with Gasteiger partial charge in [-0.2, -0.15) is 0 Å². The van der Waals surface area contributed by atoms with E-state index in [2.05, 4.69) is 60.8 Å². The SMILES string of the molecule is CC1CCN(Cc2ccc(Br)cn2)C1CBr. The summed E-state index contributed by atoms with van der Waals surface area (Å²) in [5.41, 5.74) is 1.16. The van der Waals surface area contributed by atoms with E-state index in [9.17, 15) is 0 Å². The molecule has 0 saturated carbocycles. The molecule has 88 valence electrons. The van der Waals surface area contributed by atoms with E-state index in [0.29, 0.717) is 6.04 Å². The molecule has 2 atom stereocenters. The monoisotopic (exact) mass is 346 g/mol. The van der Waals surface area contributed by atoms with Crippen LogP contribution in [0.15, 0.2) is 22.8 Å². The van der Waals surface area contributed by atoms with Gasteiger partial charge >= 0.3 is 0 Å². The molecule has 1 saturated heterocycles. The van der Waals surface area contributed by atoms with Gasteiger partial charge in [-0.15, -0.1) is 0 Å². The molecular formula is C12H16Br2N2. The summed E-state index contributed by atoms with van der Waals surface area (Å²) in [5.74, 6) is 0.787. The van der Waals surface area contributed by atoms with Crippen LogP contribution in [0, 0.1) is 5.92 Å². The summed E-state index contributed by atoms with van der Waals surface area (Å²) in [6, 6.07) is 4.81. The Hall–Kier alpha value is 0.0700. The van der Waals surface area contributed by atoms with Crippen LogP contribution in [0.5, 0.6) is 0 Å². The normalized spacial score (nSPS) is 26.2. The van der Waals surface area contributed by atoms with Crippen molar-refractivity contribution in [3.05, 3.63) is 28.5 Å². The summed E-state index contributed by atoms with van der Waals surface area (Å²) in [6.07, 6.45) is 3.17. The summed E-state index contributed by atoms with van der Waals surface area (Å²) >= 11 is 7.02. The molecule has 1 aliphatic heterocycles. The van der Waals surface area contributed by atoms with Crippen molar-refractivity contribution < 1.29 is 0 Å². The van der Waals surface area contributed by atoms with E-state index in [1.165, 1.54) is 13.0 Å². The minimum absolute atomic E-state index is 0.658. The van der Waals surface area contributed by atoms with Gasteiger partial charge in [0.15, 0.2) is 0 Å². The van der Waals surface area contributed by atoms with E-state index >= 15 is 0 Å². The van der Waals surface area contributed by atoms with Crippen molar-refractivity contribution in [3.8, 4) is 0 Å². The smallest absolute Gasteiger partial charge is 0.0544 e. The Labute approximate surface area is 114 Å². The van der Waals surface area contributed by atoms with Gasteiger partial charge in [-0.3, -0.25) is 9.88 Å². The molecule has 0 amide bonds. The highest BCUT2D eigenvalue weighted by Crippen LogP contribution is 2.26. The first-order valence-corrected chi connectivity index (χ1v) is 7.52. The molecule has 0 bridgehead atoms. The number of aromatic nitrogens is 1. The molecule has 1 fully saturated rings.